The Morgan fingerprint density at radius 3 is 3.06 bits per heavy atom. The molecule has 1 aromatic rings. The molecule has 5 nitrogen and oxygen atoms in total. The van der Waals surface area contributed by atoms with Crippen molar-refractivity contribution in [2.75, 3.05) is 40.4 Å². The predicted molar refractivity (Wildman–Crippen MR) is 64.3 cm³/mol. The Balaban J connectivity index is 1.91. The molecular formula is C11H22N4O. The number of nitrogens with zero attached hydrogens (tertiary/aromatic N) is 2. The first-order valence-electron chi connectivity index (χ1n) is 5.68. The molecule has 0 saturated carbocycles. The molecule has 16 heavy (non-hydrogen) atoms. The molecule has 0 aliphatic rings. The average Bonchev–Trinajstić information content (AvgIpc) is 2.79. The average molecular weight is 226 g/mol. The van der Waals surface area contributed by atoms with Crippen molar-refractivity contribution in [3.8, 4) is 0 Å². The van der Waals surface area contributed by atoms with Gasteiger partial charge in [-0.1, -0.05) is 0 Å². The van der Waals surface area contributed by atoms with Gasteiger partial charge in [0.2, 0.25) is 0 Å². The van der Waals surface area contributed by atoms with Gasteiger partial charge in [-0.05, 0) is 26.6 Å². The van der Waals surface area contributed by atoms with Crippen molar-refractivity contribution in [3.05, 3.63) is 18.2 Å². The smallest absolute Gasteiger partial charge is 0.0922 e. The second kappa shape index (κ2) is 8.27. The standard InChI is InChI=1S/C11H22N4O/c1-15(6-7-16-2)5-3-4-12-8-11-9-13-10-14-11/h9-10,12H,3-8H2,1-2H3,(H,13,14). The fourth-order valence-corrected chi connectivity index (χ4v) is 1.44. The van der Waals surface area contributed by atoms with Crippen LogP contribution in [0.25, 0.3) is 0 Å². The number of likely N-dealkylation sites (N-methyl/N-ethyl adjacent to an activating group) is 1. The monoisotopic (exact) mass is 226 g/mol. The quantitative estimate of drug-likeness (QED) is 0.601. The third-order valence-corrected chi connectivity index (χ3v) is 2.44. The number of imidazole rings is 1. The highest BCUT2D eigenvalue weighted by Crippen LogP contribution is 1.90. The summed E-state index contributed by atoms with van der Waals surface area (Å²) in [6.45, 7) is 4.78. The number of aromatic amines is 1. The number of aromatic nitrogens is 2. The number of hydrogen-bond acceptors (Lipinski definition) is 4. The van der Waals surface area contributed by atoms with Crippen molar-refractivity contribution in [2.24, 2.45) is 0 Å². The summed E-state index contributed by atoms with van der Waals surface area (Å²) in [5.74, 6) is 0. The van der Waals surface area contributed by atoms with E-state index >= 15 is 0 Å². The van der Waals surface area contributed by atoms with Gasteiger partial charge in [0, 0.05) is 32.1 Å². The Kier molecular flexibility index (Phi) is 6.80. The molecule has 0 fully saturated rings. The van der Waals surface area contributed by atoms with Gasteiger partial charge in [0.25, 0.3) is 0 Å². The molecule has 0 amide bonds. The van der Waals surface area contributed by atoms with E-state index < -0.39 is 0 Å². The van der Waals surface area contributed by atoms with Crippen molar-refractivity contribution < 1.29 is 4.74 Å². The van der Waals surface area contributed by atoms with Crippen LogP contribution >= 0.6 is 0 Å². The minimum Gasteiger partial charge on any atom is -0.383 e. The van der Waals surface area contributed by atoms with Crippen LogP contribution in [0.2, 0.25) is 0 Å². The molecule has 92 valence electrons. The Bertz CT molecular complexity index is 250. The number of methoxy groups -OCH3 is 1. The van der Waals surface area contributed by atoms with Gasteiger partial charge in [0.15, 0.2) is 0 Å². The number of H-pyrrole nitrogens is 1. The van der Waals surface area contributed by atoms with E-state index in [0.29, 0.717) is 0 Å². The molecule has 5 heteroatoms. The van der Waals surface area contributed by atoms with Crippen LogP contribution in [0.4, 0.5) is 0 Å². The molecule has 1 rings (SSSR count). The topological polar surface area (TPSA) is 53.2 Å². The van der Waals surface area contributed by atoms with E-state index in [1.807, 2.05) is 6.20 Å². The summed E-state index contributed by atoms with van der Waals surface area (Å²) in [6, 6.07) is 0. The van der Waals surface area contributed by atoms with Gasteiger partial charge in [-0.25, -0.2) is 4.98 Å². The summed E-state index contributed by atoms with van der Waals surface area (Å²) in [6.07, 6.45) is 4.70. The molecule has 0 saturated heterocycles. The highest BCUT2D eigenvalue weighted by molar-refractivity contribution is 4.92. The summed E-state index contributed by atoms with van der Waals surface area (Å²) >= 11 is 0. The number of hydrogen-bond donors (Lipinski definition) is 2. The molecule has 0 spiro atoms. The molecule has 0 aromatic carbocycles. The molecule has 0 bridgehead atoms. The van der Waals surface area contributed by atoms with Crippen LogP contribution in [-0.2, 0) is 11.3 Å². The van der Waals surface area contributed by atoms with Crippen LogP contribution in [-0.4, -0.2) is 55.3 Å². The van der Waals surface area contributed by atoms with Gasteiger partial charge in [-0.3, -0.25) is 0 Å². The second-order valence-electron chi connectivity index (χ2n) is 3.90. The van der Waals surface area contributed by atoms with Crippen molar-refractivity contribution >= 4 is 0 Å². The lowest BCUT2D eigenvalue weighted by atomic mass is 10.3. The zero-order chi connectivity index (χ0) is 11.6. The van der Waals surface area contributed by atoms with E-state index in [1.54, 1.807) is 13.4 Å². The summed E-state index contributed by atoms with van der Waals surface area (Å²) < 4.78 is 5.02. The first kappa shape index (κ1) is 13.2. The van der Waals surface area contributed by atoms with E-state index in [0.717, 1.165) is 44.9 Å². The van der Waals surface area contributed by atoms with E-state index in [9.17, 15) is 0 Å². The Hall–Kier alpha value is -0.910. The molecule has 0 aliphatic heterocycles. The Labute approximate surface area is 97.2 Å². The van der Waals surface area contributed by atoms with Gasteiger partial charge in [0.1, 0.15) is 0 Å². The number of ether oxygens (including phenoxy) is 1. The summed E-state index contributed by atoms with van der Waals surface area (Å²) in [5, 5.41) is 3.37. The normalized spacial score (nSPS) is 11.2. The van der Waals surface area contributed by atoms with E-state index in [1.165, 1.54) is 0 Å². The van der Waals surface area contributed by atoms with Crippen molar-refractivity contribution in [1.29, 1.82) is 0 Å². The fraction of sp³-hybridized carbons (Fsp3) is 0.727. The van der Waals surface area contributed by atoms with E-state index in [2.05, 4.69) is 27.2 Å². The molecule has 0 unspecified atom stereocenters. The number of nitrogens with one attached hydrogen (secondary N) is 2. The first-order valence-corrected chi connectivity index (χ1v) is 5.68. The zero-order valence-corrected chi connectivity index (χ0v) is 10.2. The molecule has 0 aliphatic carbocycles. The van der Waals surface area contributed by atoms with Gasteiger partial charge >= 0.3 is 0 Å². The van der Waals surface area contributed by atoms with Crippen molar-refractivity contribution in [2.45, 2.75) is 13.0 Å². The third kappa shape index (κ3) is 5.85. The van der Waals surface area contributed by atoms with Crippen LogP contribution in [0.1, 0.15) is 12.1 Å². The summed E-state index contributed by atoms with van der Waals surface area (Å²) in [5.41, 5.74) is 1.13. The lowest BCUT2D eigenvalue weighted by Gasteiger charge is -2.15. The maximum absolute atomic E-state index is 5.02. The number of rotatable bonds is 9. The lowest BCUT2D eigenvalue weighted by molar-refractivity contribution is 0.160. The molecule has 0 atom stereocenters. The van der Waals surface area contributed by atoms with Crippen LogP contribution in [0, 0.1) is 0 Å². The highest BCUT2D eigenvalue weighted by atomic mass is 16.5. The SMILES string of the molecule is COCCN(C)CCCNCc1cnc[nH]1. The van der Waals surface area contributed by atoms with Crippen molar-refractivity contribution in [1.82, 2.24) is 20.2 Å². The molecule has 1 aromatic heterocycles. The molecule has 2 N–H and O–H groups in total. The summed E-state index contributed by atoms with van der Waals surface area (Å²) in [4.78, 5) is 9.31. The minimum absolute atomic E-state index is 0.804. The van der Waals surface area contributed by atoms with Crippen LogP contribution in [0.15, 0.2) is 12.5 Å². The van der Waals surface area contributed by atoms with Crippen LogP contribution in [0.5, 0.6) is 0 Å². The van der Waals surface area contributed by atoms with Crippen LogP contribution < -0.4 is 5.32 Å². The van der Waals surface area contributed by atoms with E-state index in [-0.39, 0.29) is 0 Å². The fourth-order valence-electron chi connectivity index (χ4n) is 1.44. The Morgan fingerprint density at radius 2 is 2.38 bits per heavy atom. The Morgan fingerprint density at radius 1 is 1.50 bits per heavy atom. The zero-order valence-electron chi connectivity index (χ0n) is 10.2. The van der Waals surface area contributed by atoms with Gasteiger partial charge in [-0.15, -0.1) is 0 Å². The first-order chi connectivity index (χ1) is 7.83. The third-order valence-electron chi connectivity index (χ3n) is 2.44. The van der Waals surface area contributed by atoms with Crippen molar-refractivity contribution in [3.63, 3.8) is 0 Å². The predicted octanol–water partition coefficient (Wildman–Crippen LogP) is 0.468. The summed E-state index contributed by atoms with van der Waals surface area (Å²) in [7, 11) is 3.85. The van der Waals surface area contributed by atoms with Crippen LogP contribution in [0.3, 0.4) is 0 Å². The molecular weight excluding hydrogens is 204 g/mol. The second-order valence-corrected chi connectivity index (χ2v) is 3.90. The lowest BCUT2D eigenvalue weighted by Crippen LogP contribution is -2.26. The largest absolute Gasteiger partial charge is 0.383 e. The maximum atomic E-state index is 5.02. The molecule has 0 radical (unpaired) electrons. The van der Waals surface area contributed by atoms with Gasteiger partial charge < -0.3 is 19.9 Å². The maximum Gasteiger partial charge on any atom is 0.0922 e. The molecule has 1 heterocycles. The van der Waals surface area contributed by atoms with Gasteiger partial charge in [0.05, 0.1) is 12.9 Å². The highest BCUT2D eigenvalue weighted by Gasteiger charge is 1.97. The van der Waals surface area contributed by atoms with E-state index in [4.69, 9.17) is 4.74 Å². The van der Waals surface area contributed by atoms with Gasteiger partial charge in [-0.2, -0.15) is 0 Å². The minimum atomic E-state index is 0.804.